The van der Waals surface area contributed by atoms with Gasteiger partial charge in [-0.2, -0.15) is 22.1 Å². The first-order chi connectivity index (χ1) is 12.4. The van der Waals surface area contributed by atoms with E-state index >= 15 is 0 Å². The van der Waals surface area contributed by atoms with Gasteiger partial charge in [0.1, 0.15) is 5.82 Å². The van der Waals surface area contributed by atoms with Gasteiger partial charge in [0.25, 0.3) is 10.2 Å². The molecule has 9 heteroatoms. The third-order valence-electron chi connectivity index (χ3n) is 4.95. The lowest BCUT2D eigenvalue weighted by Crippen LogP contribution is -2.45. The molecule has 0 aliphatic carbocycles. The standard InChI is InChI=1S/C17H25N5O3S/c1-4-19(2)26(24,25)21-12-10-14(11-13-21)16-18-20(3)17(23)22(16)15-8-6-5-7-9-15/h5-9,14H,4,10-13H2,1-3H3. The van der Waals surface area contributed by atoms with Gasteiger partial charge in [-0.25, -0.2) is 14.0 Å². The maximum atomic E-state index is 12.5. The van der Waals surface area contributed by atoms with Crippen LogP contribution in [-0.4, -0.2) is 58.1 Å². The number of rotatable bonds is 5. The summed E-state index contributed by atoms with van der Waals surface area (Å²) >= 11 is 0. The van der Waals surface area contributed by atoms with Crippen LogP contribution in [0.25, 0.3) is 5.69 Å². The minimum Gasteiger partial charge on any atom is -0.247 e. The molecule has 1 fully saturated rings. The molecule has 142 valence electrons. The smallest absolute Gasteiger partial charge is 0.247 e. The Morgan fingerprint density at radius 2 is 1.81 bits per heavy atom. The fourth-order valence-electron chi connectivity index (χ4n) is 3.27. The largest absolute Gasteiger partial charge is 0.350 e. The van der Waals surface area contributed by atoms with E-state index in [1.165, 1.54) is 13.3 Å². The summed E-state index contributed by atoms with van der Waals surface area (Å²) in [5.74, 6) is 0.743. The third-order valence-corrected chi connectivity index (χ3v) is 7.01. The highest BCUT2D eigenvalue weighted by Gasteiger charge is 2.33. The van der Waals surface area contributed by atoms with Gasteiger partial charge in [-0.15, -0.1) is 0 Å². The Balaban J connectivity index is 1.85. The van der Waals surface area contributed by atoms with E-state index in [0.717, 1.165) is 5.69 Å². The van der Waals surface area contributed by atoms with Gasteiger partial charge in [-0.1, -0.05) is 25.1 Å². The van der Waals surface area contributed by atoms with Gasteiger partial charge in [0, 0.05) is 39.6 Å². The van der Waals surface area contributed by atoms with Crippen molar-refractivity contribution in [3.05, 3.63) is 46.6 Å². The van der Waals surface area contributed by atoms with Crippen LogP contribution in [0, 0.1) is 0 Å². The third kappa shape index (κ3) is 3.34. The van der Waals surface area contributed by atoms with Crippen molar-refractivity contribution >= 4 is 10.2 Å². The number of para-hydroxylation sites is 1. The van der Waals surface area contributed by atoms with Crippen molar-refractivity contribution in [2.24, 2.45) is 7.05 Å². The zero-order valence-electron chi connectivity index (χ0n) is 15.4. The molecule has 8 nitrogen and oxygen atoms in total. The van der Waals surface area contributed by atoms with Crippen LogP contribution in [-0.2, 0) is 17.3 Å². The predicted molar refractivity (Wildman–Crippen MR) is 99.6 cm³/mol. The molecule has 2 heterocycles. The summed E-state index contributed by atoms with van der Waals surface area (Å²) in [5.41, 5.74) is 0.591. The van der Waals surface area contributed by atoms with Crippen LogP contribution in [0.2, 0.25) is 0 Å². The summed E-state index contributed by atoms with van der Waals surface area (Å²) in [7, 11) is -0.180. The van der Waals surface area contributed by atoms with Crippen LogP contribution < -0.4 is 5.69 Å². The number of hydrogen-bond acceptors (Lipinski definition) is 4. The molecule has 0 saturated carbocycles. The molecule has 1 aliphatic heterocycles. The minimum absolute atomic E-state index is 0.0440. The van der Waals surface area contributed by atoms with Crippen LogP contribution in [0.15, 0.2) is 35.1 Å². The van der Waals surface area contributed by atoms with E-state index in [2.05, 4.69) is 5.10 Å². The topological polar surface area (TPSA) is 80.4 Å². The van der Waals surface area contributed by atoms with Gasteiger partial charge in [0.2, 0.25) is 0 Å². The van der Waals surface area contributed by atoms with E-state index in [1.54, 1.807) is 18.7 Å². The highest BCUT2D eigenvalue weighted by molar-refractivity contribution is 7.86. The summed E-state index contributed by atoms with van der Waals surface area (Å²) < 4.78 is 30.8. The van der Waals surface area contributed by atoms with Crippen molar-refractivity contribution < 1.29 is 8.42 Å². The summed E-state index contributed by atoms with van der Waals surface area (Å²) in [6.45, 7) is 3.11. The molecule has 0 unspecified atom stereocenters. The van der Waals surface area contributed by atoms with Crippen LogP contribution in [0.3, 0.4) is 0 Å². The molecule has 3 rings (SSSR count). The fourth-order valence-corrected chi connectivity index (χ4v) is 4.67. The second-order valence-electron chi connectivity index (χ2n) is 6.53. The number of aryl methyl sites for hydroxylation is 1. The number of piperidine rings is 1. The quantitative estimate of drug-likeness (QED) is 0.775. The Morgan fingerprint density at radius 3 is 2.38 bits per heavy atom. The Bertz CT molecular complexity index is 912. The van der Waals surface area contributed by atoms with Gasteiger partial charge < -0.3 is 0 Å². The Morgan fingerprint density at radius 1 is 1.19 bits per heavy atom. The number of benzene rings is 1. The van der Waals surface area contributed by atoms with E-state index < -0.39 is 10.2 Å². The van der Waals surface area contributed by atoms with Gasteiger partial charge in [0.15, 0.2) is 0 Å². The Labute approximate surface area is 153 Å². The Hall–Kier alpha value is -1.97. The lowest BCUT2D eigenvalue weighted by molar-refractivity contribution is 0.291. The molecule has 1 aliphatic rings. The number of nitrogens with zero attached hydrogens (tertiary/aromatic N) is 5. The predicted octanol–water partition coefficient (Wildman–Crippen LogP) is 0.947. The van der Waals surface area contributed by atoms with Crippen LogP contribution in [0.5, 0.6) is 0 Å². The maximum absolute atomic E-state index is 12.5. The van der Waals surface area contributed by atoms with Crippen molar-refractivity contribution in [1.82, 2.24) is 23.0 Å². The first-order valence-corrected chi connectivity index (χ1v) is 10.2. The Kier molecular flexibility index (Phi) is 5.31. The first kappa shape index (κ1) is 18.8. The fraction of sp³-hybridized carbons (Fsp3) is 0.529. The second-order valence-corrected chi connectivity index (χ2v) is 8.57. The molecule has 1 saturated heterocycles. The molecule has 0 bridgehead atoms. The molecule has 2 aromatic rings. The van der Waals surface area contributed by atoms with E-state index in [0.29, 0.717) is 38.3 Å². The monoisotopic (exact) mass is 379 g/mol. The molecule has 1 aromatic heterocycles. The highest BCUT2D eigenvalue weighted by Crippen LogP contribution is 2.29. The van der Waals surface area contributed by atoms with Gasteiger partial charge in [0.05, 0.1) is 5.69 Å². The molecule has 0 amide bonds. The second kappa shape index (κ2) is 7.34. The molecule has 1 aromatic carbocycles. The van der Waals surface area contributed by atoms with E-state index in [9.17, 15) is 13.2 Å². The normalized spacial score (nSPS) is 17.1. The van der Waals surface area contributed by atoms with E-state index in [4.69, 9.17) is 0 Å². The molecular weight excluding hydrogens is 354 g/mol. The number of aromatic nitrogens is 3. The van der Waals surface area contributed by atoms with Crippen molar-refractivity contribution in [2.75, 3.05) is 26.7 Å². The molecular formula is C17H25N5O3S. The zero-order chi connectivity index (χ0) is 18.9. The van der Waals surface area contributed by atoms with E-state index in [1.807, 2.05) is 37.3 Å². The lowest BCUT2D eigenvalue weighted by atomic mass is 9.97. The lowest BCUT2D eigenvalue weighted by Gasteiger charge is -2.33. The van der Waals surface area contributed by atoms with Gasteiger partial charge >= 0.3 is 5.69 Å². The average Bonchev–Trinajstić information content (AvgIpc) is 2.96. The summed E-state index contributed by atoms with van der Waals surface area (Å²) in [4.78, 5) is 12.5. The molecule has 0 N–H and O–H groups in total. The summed E-state index contributed by atoms with van der Waals surface area (Å²) in [6, 6.07) is 9.42. The minimum atomic E-state index is -3.41. The average molecular weight is 379 g/mol. The highest BCUT2D eigenvalue weighted by atomic mass is 32.2. The summed E-state index contributed by atoms with van der Waals surface area (Å²) in [6.07, 6.45) is 1.28. The zero-order valence-corrected chi connectivity index (χ0v) is 16.2. The number of hydrogen-bond donors (Lipinski definition) is 0. The molecule has 0 spiro atoms. The van der Waals surface area contributed by atoms with Gasteiger partial charge in [-0.3, -0.25) is 0 Å². The first-order valence-electron chi connectivity index (χ1n) is 8.79. The van der Waals surface area contributed by atoms with Crippen LogP contribution in [0.1, 0.15) is 31.5 Å². The van der Waals surface area contributed by atoms with Crippen molar-refractivity contribution in [3.63, 3.8) is 0 Å². The molecule has 0 atom stereocenters. The maximum Gasteiger partial charge on any atom is 0.350 e. The molecule has 26 heavy (non-hydrogen) atoms. The van der Waals surface area contributed by atoms with Crippen molar-refractivity contribution in [1.29, 1.82) is 0 Å². The van der Waals surface area contributed by atoms with Crippen molar-refractivity contribution in [3.8, 4) is 5.69 Å². The molecule has 0 radical (unpaired) electrons. The van der Waals surface area contributed by atoms with Crippen molar-refractivity contribution in [2.45, 2.75) is 25.7 Å². The summed E-state index contributed by atoms with van der Waals surface area (Å²) in [5, 5.41) is 4.44. The van der Waals surface area contributed by atoms with E-state index in [-0.39, 0.29) is 11.6 Å². The van der Waals surface area contributed by atoms with Crippen LogP contribution in [0.4, 0.5) is 0 Å². The van der Waals surface area contributed by atoms with Gasteiger partial charge in [-0.05, 0) is 25.0 Å². The van der Waals surface area contributed by atoms with Crippen LogP contribution >= 0.6 is 0 Å². The SMILES string of the molecule is CCN(C)S(=O)(=O)N1CCC(c2nn(C)c(=O)n2-c2ccccc2)CC1.